The summed E-state index contributed by atoms with van der Waals surface area (Å²) in [6.45, 7) is 8.77. The zero-order chi connectivity index (χ0) is 19.2. The van der Waals surface area contributed by atoms with Gasteiger partial charge in [0.05, 0.1) is 11.9 Å². The summed E-state index contributed by atoms with van der Waals surface area (Å²) in [6, 6.07) is 3.63. The van der Waals surface area contributed by atoms with Crippen molar-refractivity contribution in [3.05, 3.63) is 18.3 Å². The molecule has 8 heteroatoms. The molecule has 1 atom stereocenters. The van der Waals surface area contributed by atoms with E-state index in [2.05, 4.69) is 29.0 Å². The third-order valence-corrected chi connectivity index (χ3v) is 5.17. The van der Waals surface area contributed by atoms with Crippen molar-refractivity contribution in [1.29, 1.82) is 0 Å². The number of anilines is 2. The second-order valence-corrected chi connectivity index (χ2v) is 6.82. The second-order valence-electron chi connectivity index (χ2n) is 6.82. The van der Waals surface area contributed by atoms with Gasteiger partial charge in [0.2, 0.25) is 0 Å². The fourth-order valence-electron chi connectivity index (χ4n) is 3.50. The summed E-state index contributed by atoms with van der Waals surface area (Å²) in [5, 5.41) is 2.89. The Morgan fingerprint density at radius 2 is 1.89 bits per heavy atom. The summed E-state index contributed by atoms with van der Waals surface area (Å²) in [7, 11) is 0. The van der Waals surface area contributed by atoms with Crippen LogP contribution < -0.4 is 10.2 Å². The van der Waals surface area contributed by atoms with Gasteiger partial charge in [-0.3, -0.25) is 4.79 Å². The van der Waals surface area contributed by atoms with E-state index in [1.807, 2.05) is 12.1 Å². The quantitative estimate of drug-likeness (QED) is 0.849. The lowest BCUT2D eigenvalue weighted by Crippen LogP contribution is -2.53. The molecule has 0 unspecified atom stereocenters. The molecule has 148 valence electrons. The van der Waals surface area contributed by atoms with Gasteiger partial charge < -0.3 is 24.8 Å². The molecule has 0 bridgehead atoms. The smallest absolute Gasteiger partial charge is 0.322 e. The molecule has 1 N–H and O–H groups in total. The van der Waals surface area contributed by atoms with Gasteiger partial charge in [0, 0.05) is 45.9 Å². The lowest BCUT2D eigenvalue weighted by Gasteiger charge is -2.35. The van der Waals surface area contributed by atoms with E-state index >= 15 is 0 Å². The summed E-state index contributed by atoms with van der Waals surface area (Å²) in [5.41, 5.74) is 0.675. The SMILES string of the molecule is CCN(CC)c1ccc(NC(=O)N2CCN(C(=O)[C@H]3CCCO3)CC2)cn1. The number of pyridine rings is 1. The maximum atomic E-state index is 12.5. The van der Waals surface area contributed by atoms with Crippen LogP contribution in [0.5, 0.6) is 0 Å². The minimum absolute atomic E-state index is 0.0590. The monoisotopic (exact) mass is 375 g/mol. The fourth-order valence-corrected chi connectivity index (χ4v) is 3.50. The molecule has 0 aliphatic carbocycles. The van der Waals surface area contributed by atoms with Crippen LogP contribution in [0.3, 0.4) is 0 Å². The molecule has 0 aromatic carbocycles. The van der Waals surface area contributed by atoms with Crippen LogP contribution in [0.15, 0.2) is 18.3 Å². The van der Waals surface area contributed by atoms with E-state index in [1.165, 1.54) is 0 Å². The Morgan fingerprint density at radius 3 is 2.44 bits per heavy atom. The normalized spacial score (nSPS) is 19.9. The molecule has 0 spiro atoms. The number of carbonyl (C=O) groups excluding carboxylic acids is 2. The number of hydrogen-bond acceptors (Lipinski definition) is 5. The highest BCUT2D eigenvalue weighted by Gasteiger charge is 2.31. The number of nitrogens with zero attached hydrogens (tertiary/aromatic N) is 4. The van der Waals surface area contributed by atoms with Crippen molar-refractivity contribution in [2.75, 3.05) is 56.1 Å². The average molecular weight is 375 g/mol. The number of hydrogen-bond donors (Lipinski definition) is 1. The first-order valence-electron chi connectivity index (χ1n) is 9.79. The first kappa shape index (κ1) is 19.4. The van der Waals surface area contributed by atoms with Crippen LogP contribution in [0, 0.1) is 0 Å². The van der Waals surface area contributed by atoms with Crippen LogP contribution in [0.25, 0.3) is 0 Å². The molecule has 0 radical (unpaired) electrons. The maximum absolute atomic E-state index is 12.5. The molecule has 0 saturated carbocycles. The first-order chi connectivity index (χ1) is 13.1. The van der Waals surface area contributed by atoms with Crippen molar-refractivity contribution in [2.24, 2.45) is 0 Å². The minimum Gasteiger partial charge on any atom is -0.368 e. The van der Waals surface area contributed by atoms with Crippen molar-refractivity contribution >= 4 is 23.4 Å². The van der Waals surface area contributed by atoms with Crippen molar-refractivity contribution in [3.8, 4) is 0 Å². The molecule has 2 fully saturated rings. The Morgan fingerprint density at radius 1 is 1.19 bits per heavy atom. The largest absolute Gasteiger partial charge is 0.368 e. The number of urea groups is 1. The average Bonchev–Trinajstić information content (AvgIpc) is 3.24. The topological polar surface area (TPSA) is 78.0 Å². The highest BCUT2D eigenvalue weighted by Crippen LogP contribution is 2.17. The number of nitrogens with one attached hydrogen (secondary N) is 1. The van der Waals surface area contributed by atoms with Crippen molar-refractivity contribution in [1.82, 2.24) is 14.8 Å². The van der Waals surface area contributed by atoms with E-state index in [0.717, 1.165) is 31.7 Å². The molecular formula is C19H29N5O3. The van der Waals surface area contributed by atoms with E-state index in [1.54, 1.807) is 16.0 Å². The number of piperazine rings is 1. The predicted octanol–water partition coefficient (Wildman–Crippen LogP) is 1.78. The van der Waals surface area contributed by atoms with Gasteiger partial charge in [-0.15, -0.1) is 0 Å². The van der Waals surface area contributed by atoms with Crippen LogP contribution in [0.2, 0.25) is 0 Å². The van der Waals surface area contributed by atoms with Crippen molar-refractivity contribution in [2.45, 2.75) is 32.8 Å². The Balaban J connectivity index is 1.48. The van der Waals surface area contributed by atoms with Crippen LogP contribution in [-0.2, 0) is 9.53 Å². The number of ether oxygens (including phenoxy) is 1. The predicted molar refractivity (Wildman–Crippen MR) is 104 cm³/mol. The number of amides is 3. The molecule has 1 aromatic rings. The molecule has 27 heavy (non-hydrogen) atoms. The van der Waals surface area contributed by atoms with Crippen molar-refractivity contribution in [3.63, 3.8) is 0 Å². The molecule has 3 amide bonds. The molecule has 2 aliphatic rings. The fraction of sp³-hybridized carbons (Fsp3) is 0.632. The summed E-state index contributed by atoms with van der Waals surface area (Å²) >= 11 is 0. The maximum Gasteiger partial charge on any atom is 0.322 e. The van der Waals surface area contributed by atoms with E-state index in [-0.39, 0.29) is 18.0 Å². The van der Waals surface area contributed by atoms with Gasteiger partial charge in [0.25, 0.3) is 5.91 Å². The summed E-state index contributed by atoms with van der Waals surface area (Å²) < 4.78 is 5.47. The van der Waals surface area contributed by atoms with Gasteiger partial charge in [-0.1, -0.05) is 0 Å². The lowest BCUT2D eigenvalue weighted by molar-refractivity contribution is -0.142. The highest BCUT2D eigenvalue weighted by atomic mass is 16.5. The number of rotatable bonds is 5. The third-order valence-electron chi connectivity index (χ3n) is 5.17. The summed E-state index contributed by atoms with van der Waals surface area (Å²) in [5.74, 6) is 0.961. The summed E-state index contributed by atoms with van der Waals surface area (Å²) in [4.78, 5) is 35.0. The van der Waals surface area contributed by atoms with Gasteiger partial charge in [-0.05, 0) is 38.8 Å². The van der Waals surface area contributed by atoms with Crippen LogP contribution in [-0.4, -0.2) is 78.7 Å². The zero-order valence-electron chi connectivity index (χ0n) is 16.2. The lowest BCUT2D eigenvalue weighted by atomic mass is 10.2. The Hall–Kier alpha value is -2.35. The molecule has 2 saturated heterocycles. The molecule has 8 nitrogen and oxygen atoms in total. The molecular weight excluding hydrogens is 346 g/mol. The Labute approximate surface area is 160 Å². The van der Waals surface area contributed by atoms with E-state index in [0.29, 0.717) is 38.5 Å². The number of carbonyl (C=O) groups is 2. The highest BCUT2D eigenvalue weighted by molar-refractivity contribution is 5.89. The van der Waals surface area contributed by atoms with Gasteiger partial charge in [-0.25, -0.2) is 9.78 Å². The second kappa shape index (κ2) is 9.03. The molecule has 3 heterocycles. The number of aromatic nitrogens is 1. The standard InChI is InChI=1S/C19H29N5O3/c1-3-22(4-2)17-8-7-15(14-20-17)21-19(26)24-11-9-23(10-12-24)18(25)16-6-5-13-27-16/h7-8,14,16H,3-6,9-13H2,1-2H3,(H,21,26)/t16-/m1/s1. The minimum atomic E-state index is -0.291. The Bertz CT molecular complexity index is 633. The Kier molecular flexibility index (Phi) is 6.49. The van der Waals surface area contributed by atoms with Gasteiger partial charge >= 0.3 is 6.03 Å². The molecule has 3 rings (SSSR count). The molecule has 1 aromatic heterocycles. The van der Waals surface area contributed by atoms with Gasteiger partial charge in [0.15, 0.2) is 0 Å². The van der Waals surface area contributed by atoms with Crippen LogP contribution in [0.4, 0.5) is 16.3 Å². The van der Waals surface area contributed by atoms with Gasteiger partial charge in [-0.2, -0.15) is 0 Å². The zero-order valence-corrected chi connectivity index (χ0v) is 16.2. The van der Waals surface area contributed by atoms with E-state index < -0.39 is 0 Å². The molecule has 2 aliphatic heterocycles. The van der Waals surface area contributed by atoms with E-state index in [9.17, 15) is 9.59 Å². The van der Waals surface area contributed by atoms with Crippen LogP contribution >= 0.6 is 0 Å². The van der Waals surface area contributed by atoms with Gasteiger partial charge in [0.1, 0.15) is 11.9 Å². The summed E-state index contributed by atoms with van der Waals surface area (Å²) in [6.07, 6.45) is 3.14. The first-order valence-corrected chi connectivity index (χ1v) is 9.79. The third kappa shape index (κ3) is 4.68. The van der Waals surface area contributed by atoms with E-state index in [4.69, 9.17) is 4.74 Å². The van der Waals surface area contributed by atoms with Crippen molar-refractivity contribution < 1.29 is 14.3 Å². The van der Waals surface area contributed by atoms with Crippen LogP contribution in [0.1, 0.15) is 26.7 Å².